The summed E-state index contributed by atoms with van der Waals surface area (Å²) < 4.78 is 5.06. The van der Waals surface area contributed by atoms with Gasteiger partial charge in [0.15, 0.2) is 0 Å². The molecule has 1 aromatic carbocycles. The molecule has 0 aliphatic heterocycles. The number of rotatable bonds is 8. The molecule has 5 nitrogen and oxygen atoms in total. The SMILES string of the molecule is COCCCN(CC/C(N)=N/O)c1ccccc1. The van der Waals surface area contributed by atoms with Gasteiger partial charge in [0.2, 0.25) is 0 Å². The maximum Gasteiger partial charge on any atom is 0.140 e. The van der Waals surface area contributed by atoms with E-state index in [1.54, 1.807) is 7.11 Å². The summed E-state index contributed by atoms with van der Waals surface area (Å²) in [6.45, 7) is 2.34. The second-order valence-corrected chi connectivity index (χ2v) is 4.01. The number of ether oxygens (including phenoxy) is 1. The lowest BCUT2D eigenvalue weighted by molar-refractivity contribution is 0.196. The van der Waals surface area contributed by atoms with Crippen molar-refractivity contribution in [3.63, 3.8) is 0 Å². The number of nitrogens with zero attached hydrogens (tertiary/aromatic N) is 2. The Balaban J connectivity index is 2.57. The Kier molecular flexibility index (Phi) is 6.64. The molecule has 0 unspecified atom stereocenters. The fraction of sp³-hybridized carbons (Fsp3) is 0.462. The van der Waals surface area contributed by atoms with E-state index >= 15 is 0 Å². The Bertz CT molecular complexity index is 355. The number of anilines is 1. The Morgan fingerprint density at radius 1 is 1.33 bits per heavy atom. The number of amidine groups is 1. The van der Waals surface area contributed by atoms with Crippen LogP contribution in [0.3, 0.4) is 0 Å². The highest BCUT2D eigenvalue weighted by molar-refractivity contribution is 5.80. The number of oxime groups is 1. The van der Waals surface area contributed by atoms with Gasteiger partial charge in [0.25, 0.3) is 0 Å². The Hall–Kier alpha value is -1.75. The maximum atomic E-state index is 8.56. The second kappa shape index (κ2) is 8.36. The van der Waals surface area contributed by atoms with E-state index in [4.69, 9.17) is 15.7 Å². The normalized spacial score (nSPS) is 11.5. The van der Waals surface area contributed by atoms with Crippen LogP contribution in [0.15, 0.2) is 35.5 Å². The van der Waals surface area contributed by atoms with Crippen molar-refractivity contribution in [3.8, 4) is 0 Å². The van der Waals surface area contributed by atoms with Gasteiger partial charge in [0.1, 0.15) is 5.84 Å². The second-order valence-electron chi connectivity index (χ2n) is 4.01. The molecule has 1 aromatic rings. The van der Waals surface area contributed by atoms with E-state index in [-0.39, 0.29) is 5.84 Å². The summed E-state index contributed by atoms with van der Waals surface area (Å²) in [4.78, 5) is 2.21. The summed E-state index contributed by atoms with van der Waals surface area (Å²) in [7, 11) is 1.70. The predicted octanol–water partition coefficient (Wildman–Crippen LogP) is 1.67. The fourth-order valence-corrected chi connectivity index (χ4v) is 1.71. The van der Waals surface area contributed by atoms with Crippen LogP contribution in [0.25, 0.3) is 0 Å². The molecule has 1 rings (SSSR count). The van der Waals surface area contributed by atoms with E-state index < -0.39 is 0 Å². The van der Waals surface area contributed by atoms with Gasteiger partial charge in [0.05, 0.1) is 0 Å². The van der Waals surface area contributed by atoms with E-state index in [9.17, 15) is 0 Å². The molecule has 0 saturated carbocycles. The number of nitrogens with two attached hydrogens (primary N) is 1. The molecule has 0 heterocycles. The Morgan fingerprint density at radius 2 is 2.06 bits per heavy atom. The molecule has 18 heavy (non-hydrogen) atoms. The van der Waals surface area contributed by atoms with Gasteiger partial charge in [-0.2, -0.15) is 0 Å². The van der Waals surface area contributed by atoms with Crippen molar-refractivity contribution in [2.24, 2.45) is 10.9 Å². The van der Waals surface area contributed by atoms with Crippen LogP contribution in [-0.2, 0) is 4.74 Å². The van der Waals surface area contributed by atoms with E-state index in [1.807, 2.05) is 18.2 Å². The zero-order chi connectivity index (χ0) is 13.2. The fourth-order valence-electron chi connectivity index (χ4n) is 1.71. The third-order valence-corrected chi connectivity index (χ3v) is 2.66. The van der Waals surface area contributed by atoms with Crippen molar-refractivity contribution in [2.75, 3.05) is 31.7 Å². The van der Waals surface area contributed by atoms with Gasteiger partial charge >= 0.3 is 0 Å². The van der Waals surface area contributed by atoms with Gasteiger partial charge in [-0.05, 0) is 18.6 Å². The summed E-state index contributed by atoms with van der Waals surface area (Å²) in [6, 6.07) is 10.1. The predicted molar refractivity (Wildman–Crippen MR) is 73.2 cm³/mol. The van der Waals surface area contributed by atoms with Crippen molar-refractivity contribution in [1.82, 2.24) is 0 Å². The average molecular weight is 251 g/mol. The highest BCUT2D eigenvalue weighted by atomic mass is 16.5. The van der Waals surface area contributed by atoms with E-state index in [0.717, 1.165) is 31.8 Å². The van der Waals surface area contributed by atoms with Crippen LogP contribution in [0, 0.1) is 0 Å². The largest absolute Gasteiger partial charge is 0.409 e. The number of benzene rings is 1. The van der Waals surface area contributed by atoms with Crippen molar-refractivity contribution in [3.05, 3.63) is 30.3 Å². The van der Waals surface area contributed by atoms with Crippen LogP contribution < -0.4 is 10.6 Å². The molecule has 5 heteroatoms. The molecule has 3 N–H and O–H groups in total. The van der Waals surface area contributed by atoms with E-state index in [2.05, 4.69) is 22.2 Å². The summed E-state index contributed by atoms with van der Waals surface area (Å²) in [5.74, 6) is 0.252. The minimum atomic E-state index is 0.252. The van der Waals surface area contributed by atoms with Crippen molar-refractivity contribution < 1.29 is 9.94 Å². The molecule has 0 aliphatic rings. The van der Waals surface area contributed by atoms with Crippen LogP contribution in [0.1, 0.15) is 12.8 Å². The quantitative estimate of drug-likeness (QED) is 0.242. The summed E-state index contributed by atoms with van der Waals surface area (Å²) in [5.41, 5.74) is 6.64. The lowest BCUT2D eigenvalue weighted by atomic mass is 10.2. The van der Waals surface area contributed by atoms with Gasteiger partial charge in [-0.1, -0.05) is 23.4 Å². The molecule has 0 aliphatic carbocycles. The van der Waals surface area contributed by atoms with Crippen LogP contribution in [0.4, 0.5) is 5.69 Å². The topological polar surface area (TPSA) is 71.1 Å². The van der Waals surface area contributed by atoms with Crippen molar-refractivity contribution >= 4 is 11.5 Å². The molecule has 0 fully saturated rings. The van der Waals surface area contributed by atoms with Crippen LogP contribution in [0.5, 0.6) is 0 Å². The van der Waals surface area contributed by atoms with Gasteiger partial charge in [-0.15, -0.1) is 0 Å². The lowest BCUT2D eigenvalue weighted by Gasteiger charge is -2.24. The zero-order valence-electron chi connectivity index (χ0n) is 10.7. The molecule has 0 radical (unpaired) electrons. The lowest BCUT2D eigenvalue weighted by Crippen LogP contribution is -2.29. The van der Waals surface area contributed by atoms with Gasteiger partial charge in [0, 0.05) is 38.9 Å². The first-order chi connectivity index (χ1) is 8.77. The molecule has 0 saturated heterocycles. The summed E-state index contributed by atoms with van der Waals surface area (Å²) >= 11 is 0. The standard InChI is InChI=1S/C13H21N3O2/c1-18-11-5-9-16(10-8-13(14)15-17)12-6-3-2-4-7-12/h2-4,6-7,17H,5,8-11H2,1H3,(H2,14,15). The number of hydrogen-bond acceptors (Lipinski definition) is 4. The minimum Gasteiger partial charge on any atom is -0.409 e. The Labute approximate surface area is 108 Å². The molecule has 0 bridgehead atoms. The van der Waals surface area contributed by atoms with E-state index in [1.165, 1.54) is 0 Å². The third kappa shape index (κ3) is 5.05. The molecule has 0 amide bonds. The van der Waals surface area contributed by atoms with Crippen molar-refractivity contribution in [2.45, 2.75) is 12.8 Å². The average Bonchev–Trinajstić information content (AvgIpc) is 2.43. The zero-order valence-corrected chi connectivity index (χ0v) is 10.7. The summed E-state index contributed by atoms with van der Waals surface area (Å²) in [6.07, 6.45) is 1.49. The molecule has 0 atom stereocenters. The first-order valence-corrected chi connectivity index (χ1v) is 6.03. The van der Waals surface area contributed by atoms with Crippen molar-refractivity contribution in [1.29, 1.82) is 0 Å². The molecular formula is C13H21N3O2. The van der Waals surface area contributed by atoms with Gasteiger partial charge in [-0.3, -0.25) is 0 Å². The summed E-state index contributed by atoms with van der Waals surface area (Å²) in [5, 5.41) is 11.6. The smallest absolute Gasteiger partial charge is 0.140 e. The molecule has 0 aromatic heterocycles. The highest BCUT2D eigenvalue weighted by Gasteiger charge is 2.06. The van der Waals surface area contributed by atoms with Crippen LogP contribution in [-0.4, -0.2) is 37.8 Å². The maximum absolute atomic E-state index is 8.56. The first-order valence-electron chi connectivity index (χ1n) is 6.03. The minimum absolute atomic E-state index is 0.252. The molecular weight excluding hydrogens is 230 g/mol. The highest BCUT2D eigenvalue weighted by Crippen LogP contribution is 2.13. The Morgan fingerprint density at radius 3 is 2.67 bits per heavy atom. The number of para-hydroxylation sites is 1. The monoisotopic (exact) mass is 251 g/mol. The van der Waals surface area contributed by atoms with Crippen LogP contribution in [0.2, 0.25) is 0 Å². The molecule has 0 spiro atoms. The van der Waals surface area contributed by atoms with Gasteiger partial charge in [-0.25, -0.2) is 0 Å². The third-order valence-electron chi connectivity index (χ3n) is 2.66. The van der Waals surface area contributed by atoms with E-state index in [0.29, 0.717) is 6.42 Å². The number of hydrogen-bond donors (Lipinski definition) is 2. The molecule has 100 valence electrons. The van der Waals surface area contributed by atoms with Crippen LogP contribution >= 0.6 is 0 Å². The first kappa shape index (κ1) is 14.3. The van der Waals surface area contributed by atoms with Gasteiger partial charge < -0.3 is 20.6 Å². The number of methoxy groups -OCH3 is 1.